The van der Waals surface area contributed by atoms with Crippen LogP contribution in [0, 0.1) is 0 Å². The van der Waals surface area contributed by atoms with Crippen LogP contribution in [0.4, 0.5) is 0 Å². The van der Waals surface area contributed by atoms with Gasteiger partial charge in [-0.15, -0.1) is 0 Å². The molecule has 0 spiro atoms. The lowest BCUT2D eigenvalue weighted by Gasteiger charge is -2.06. The Balaban J connectivity index is 2.67. The van der Waals surface area contributed by atoms with E-state index in [4.69, 9.17) is 0 Å². The molecule has 0 aliphatic rings. The number of aldehydes is 1. The maximum absolute atomic E-state index is 12.0. The summed E-state index contributed by atoms with van der Waals surface area (Å²) in [6.07, 6.45) is 2.22. The van der Waals surface area contributed by atoms with Crippen LogP contribution < -0.4 is 5.56 Å². The van der Waals surface area contributed by atoms with Crippen molar-refractivity contribution in [3.8, 4) is 0 Å². The van der Waals surface area contributed by atoms with Gasteiger partial charge in [-0.25, -0.2) is 4.98 Å². The molecule has 0 amide bonds. The van der Waals surface area contributed by atoms with E-state index in [1.807, 2.05) is 24.3 Å². The van der Waals surface area contributed by atoms with Gasteiger partial charge >= 0.3 is 0 Å². The van der Waals surface area contributed by atoms with E-state index in [2.05, 4.69) is 4.98 Å². The third-order valence-corrected chi connectivity index (χ3v) is 2.84. The second-order valence-corrected chi connectivity index (χ2v) is 3.83. The molecule has 0 aliphatic heterocycles. The van der Waals surface area contributed by atoms with Crippen LogP contribution in [0.5, 0.6) is 0 Å². The summed E-state index contributed by atoms with van der Waals surface area (Å²) in [5, 5.41) is 0. The molecule has 5 nitrogen and oxygen atoms in total. The van der Waals surface area contributed by atoms with Gasteiger partial charge in [-0.2, -0.15) is 0 Å². The molecule has 2 aromatic heterocycles. The van der Waals surface area contributed by atoms with Gasteiger partial charge in [0.1, 0.15) is 5.69 Å². The van der Waals surface area contributed by atoms with E-state index in [-0.39, 0.29) is 16.9 Å². The first-order valence-electron chi connectivity index (χ1n) is 5.14. The molecule has 0 saturated carbocycles. The van der Waals surface area contributed by atoms with E-state index in [0.717, 1.165) is 11.0 Å². The zero-order valence-electron chi connectivity index (χ0n) is 9.12. The summed E-state index contributed by atoms with van der Waals surface area (Å²) in [5.74, 6) is 0. The summed E-state index contributed by atoms with van der Waals surface area (Å²) in [5.41, 5.74) is 1.98. The average Bonchev–Trinajstić information content (AvgIpc) is 2.80. The van der Waals surface area contributed by atoms with Crippen molar-refractivity contribution in [2.75, 3.05) is 0 Å². The molecule has 0 saturated heterocycles. The topological polar surface area (TPSA) is 56.4 Å². The number of fused-ring (bicyclic) bond motifs is 3. The SMILES string of the molecule is Cn1c(=O)c2nc(C=O)cn2c2ccccc21. The highest BCUT2D eigenvalue weighted by atomic mass is 16.1. The Kier molecular flexibility index (Phi) is 1.89. The van der Waals surface area contributed by atoms with Crippen LogP contribution in [0.25, 0.3) is 16.7 Å². The Labute approximate surface area is 95.9 Å². The van der Waals surface area contributed by atoms with E-state index in [0.29, 0.717) is 6.29 Å². The summed E-state index contributed by atoms with van der Waals surface area (Å²) in [6, 6.07) is 7.49. The van der Waals surface area contributed by atoms with Gasteiger partial charge in [-0.1, -0.05) is 12.1 Å². The van der Waals surface area contributed by atoms with Crippen molar-refractivity contribution in [3.63, 3.8) is 0 Å². The number of hydrogen-bond acceptors (Lipinski definition) is 3. The zero-order valence-corrected chi connectivity index (χ0v) is 9.12. The summed E-state index contributed by atoms with van der Waals surface area (Å²) < 4.78 is 3.19. The van der Waals surface area contributed by atoms with Crippen LogP contribution in [0.3, 0.4) is 0 Å². The van der Waals surface area contributed by atoms with Crippen molar-refractivity contribution < 1.29 is 4.79 Å². The predicted octanol–water partition coefficient (Wildman–Crippen LogP) is 0.999. The molecule has 0 atom stereocenters. The third-order valence-electron chi connectivity index (χ3n) is 2.84. The van der Waals surface area contributed by atoms with Gasteiger partial charge in [-0.05, 0) is 12.1 Å². The lowest BCUT2D eigenvalue weighted by Crippen LogP contribution is -2.20. The first kappa shape index (κ1) is 9.77. The molecule has 2 heterocycles. The van der Waals surface area contributed by atoms with Crippen molar-refractivity contribution >= 4 is 23.0 Å². The second-order valence-electron chi connectivity index (χ2n) is 3.83. The first-order chi connectivity index (χ1) is 8.22. The molecule has 0 unspecified atom stereocenters. The lowest BCUT2D eigenvalue weighted by atomic mass is 10.3. The molecular formula is C12H9N3O2. The van der Waals surface area contributed by atoms with Crippen LogP contribution in [0.2, 0.25) is 0 Å². The van der Waals surface area contributed by atoms with E-state index in [9.17, 15) is 9.59 Å². The summed E-state index contributed by atoms with van der Waals surface area (Å²) in [4.78, 5) is 26.8. The van der Waals surface area contributed by atoms with Crippen molar-refractivity contribution in [2.24, 2.45) is 7.05 Å². The molecule has 3 aromatic rings. The number of nitrogens with zero attached hydrogens (tertiary/aromatic N) is 3. The summed E-state index contributed by atoms with van der Waals surface area (Å²) in [7, 11) is 1.69. The smallest absolute Gasteiger partial charge is 0.294 e. The van der Waals surface area contributed by atoms with Gasteiger partial charge in [0.05, 0.1) is 11.0 Å². The quantitative estimate of drug-likeness (QED) is 0.583. The lowest BCUT2D eigenvalue weighted by molar-refractivity contribution is 0.111. The van der Waals surface area contributed by atoms with Crippen LogP contribution in [-0.2, 0) is 7.05 Å². The highest BCUT2D eigenvalue weighted by Crippen LogP contribution is 2.13. The summed E-state index contributed by atoms with van der Waals surface area (Å²) >= 11 is 0. The van der Waals surface area contributed by atoms with Crippen molar-refractivity contribution in [1.82, 2.24) is 14.0 Å². The molecule has 0 N–H and O–H groups in total. The Bertz CT molecular complexity index is 798. The fourth-order valence-corrected chi connectivity index (χ4v) is 2.00. The van der Waals surface area contributed by atoms with Gasteiger partial charge in [-0.3, -0.25) is 14.0 Å². The maximum Gasteiger partial charge on any atom is 0.294 e. The Morgan fingerprint density at radius 1 is 1.24 bits per heavy atom. The van der Waals surface area contributed by atoms with Crippen molar-refractivity contribution in [2.45, 2.75) is 0 Å². The number of carbonyl (C=O) groups excluding carboxylic acids is 1. The van der Waals surface area contributed by atoms with Crippen LogP contribution in [0.15, 0.2) is 35.3 Å². The average molecular weight is 227 g/mol. The second kappa shape index (κ2) is 3.28. The third kappa shape index (κ3) is 1.22. The van der Waals surface area contributed by atoms with Gasteiger partial charge in [0, 0.05) is 13.2 Å². The number of aromatic nitrogens is 3. The van der Waals surface area contributed by atoms with Crippen LogP contribution in [-0.4, -0.2) is 20.2 Å². The normalized spacial score (nSPS) is 11.1. The minimum absolute atomic E-state index is 0.211. The molecule has 0 radical (unpaired) electrons. The maximum atomic E-state index is 12.0. The molecular weight excluding hydrogens is 218 g/mol. The number of aryl methyl sites for hydroxylation is 1. The summed E-state index contributed by atoms with van der Waals surface area (Å²) in [6.45, 7) is 0. The van der Waals surface area contributed by atoms with Gasteiger partial charge < -0.3 is 4.57 Å². The molecule has 0 aliphatic carbocycles. The molecule has 5 heteroatoms. The number of rotatable bonds is 1. The number of carbonyl (C=O) groups is 1. The Morgan fingerprint density at radius 3 is 2.65 bits per heavy atom. The Hall–Kier alpha value is -2.43. The van der Waals surface area contributed by atoms with E-state index < -0.39 is 0 Å². The minimum atomic E-state index is -0.211. The highest BCUT2D eigenvalue weighted by Gasteiger charge is 2.10. The van der Waals surface area contributed by atoms with Crippen molar-refractivity contribution in [3.05, 3.63) is 46.5 Å². The van der Waals surface area contributed by atoms with Crippen molar-refractivity contribution in [1.29, 1.82) is 0 Å². The van der Waals surface area contributed by atoms with E-state index in [1.165, 1.54) is 4.57 Å². The van der Waals surface area contributed by atoms with Gasteiger partial charge in [0.2, 0.25) is 5.65 Å². The highest BCUT2D eigenvalue weighted by molar-refractivity contribution is 5.80. The van der Waals surface area contributed by atoms with Crippen LogP contribution >= 0.6 is 0 Å². The molecule has 1 aromatic carbocycles. The van der Waals surface area contributed by atoms with Gasteiger partial charge in [0.15, 0.2) is 6.29 Å². The Morgan fingerprint density at radius 2 is 1.94 bits per heavy atom. The van der Waals surface area contributed by atoms with E-state index in [1.54, 1.807) is 17.6 Å². The molecule has 0 fully saturated rings. The minimum Gasteiger partial charge on any atom is -0.307 e. The number of para-hydroxylation sites is 2. The fraction of sp³-hybridized carbons (Fsp3) is 0.0833. The fourth-order valence-electron chi connectivity index (χ4n) is 2.00. The molecule has 3 rings (SSSR count). The molecule has 84 valence electrons. The number of hydrogen-bond donors (Lipinski definition) is 0. The molecule has 17 heavy (non-hydrogen) atoms. The predicted molar refractivity (Wildman–Crippen MR) is 63.3 cm³/mol. The largest absolute Gasteiger partial charge is 0.307 e. The van der Waals surface area contributed by atoms with Crippen LogP contribution in [0.1, 0.15) is 10.5 Å². The standard InChI is InChI=1S/C12H9N3O2/c1-14-9-4-2-3-5-10(9)15-6-8(7-16)13-11(15)12(14)17/h2-7H,1H3. The molecule has 0 bridgehead atoms. The zero-order chi connectivity index (χ0) is 12.0. The first-order valence-corrected chi connectivity index (χ1v) is 5.14. The van der Waals surface area contributed by atoms with Gasteiger partial charge in [0.25, 0.3) is 5.56 Å². The number of imidazole rings is 1. The van der Waals surface area contributed by atoms with E-state index >= 15 is 0 Å². The monoisotopic (exact) mass is 227 g/mol. The number of benzene rings is 1.